The maximum Gasteiger partial charge on any atom is 0.410 e. The van der Waals surface area contributed by atoms with Crippen molar-refractivity contribution >= 4 is 17.9 Å². The van der Waals surface area contributed by atoms with E-state index in [9.17, 15) is 4.79 Å². The first-order valence-electron chi connectivity index (χ1n) is 14.4. The average Bonchev–Trinajstić information content (AvgIpc) is 3.78. The van der Waals surface area contributed by atoms with Gasteiger partial charge in [0.15, 0.2) is 0 Å². The smallest absolute Gasteiger partial charge is 0.410 e. The highest BCUT2D eigenvalue weighted by atomic mass is 32.2. The van der Waals surface area contributed by atoms with Gasteiger partial charge in [0.1, 0.15) is 23.1 Å². The molecule has 0 radical (unpaired) electrons. The number of aromatic amines is 2. The molecule has 0 saturated carbocycles. The molecule has 2 aromatic heterocycles. The Morgan fingerprint density at radius 2 is 1.67 bits per heavy atom. The monoisotopic (exact) mass is 588 g/mol. The molecule has 42 heavy (non-hydrogen) atoms. The number of hydrogen-bond donors (Lipinski definition) is 3. The van der Waals surface area contributed by atoms with Gasteiger partial charge in [0.25, 0.3) is 0 Å². The zero-order valence-electron chi connectivity index (χ0n) is 24.4. The molecule has 10 heteroatoms. The van der Waals surface area contributed by atoms with Gasteiger partial charge in [0.2, 0.25) is 0 Å². The number of H-pyrrole nitrogens is 2. The van der Waals surface area contributed by atoms with Gasteiger partial charge in [0.05, 0.1) is 35.9 Å². The molecule has 2 aliphatic heterocycles. The van der Waals surface area contributed by atoms with E-state index in [0.717, 1.165) is 48.5 Å². The highest BCUT2D eigenvalue weighted by Crippen LogP contribution is 2.37. The SMILES string of the molecule is CS[C@H]1C[C@@H](c2ncc(-c3ccc(-c4ccc(-c5cnc([C@@H]6CCCN6)[nH]5)cc4)c(F)c3)[nH]2)N(C(=O)OC(C)(C)C)C1. The Labute approximate surface area is 249 Å². The molecule has 2 aromatic carbocycles. The minimum Gasteiger partial charge on any atom is -0.444 e. The summed E-state index contributed by atoms with van der Waals surface area (Å²) in [5.74, 6) is 1.33. The molecule has 4 aromatic rings. The Hall–Kier alpha value is -3.63. The number of thioether (sulfide) groups is 1. The van der Waals surface area contributed by atoms with Crippen molar-refractivity contribution in [1.29, 1.82) is 0 Å². The summed E-state index contributed by atoms with van der Waals surface area (Å²) in [5, 5.41) is 3.75. The summed E-state index contributed by atoms with van der Waals surface area (Å²) in [6.45, 7) is 7.21. The van der Waals surface area contributed by atoms with Gasteiger partial charge < -0.3 is 20.0 Å². The molecule has 6 rings (SSSR count). The quantitative estimate of drug-likeness (QED) is 0.222. The zero-order chi connectivity index (χ0) is 29.4. The van der Waals surface area contributed by atoms with Gasteiger partial charge in [-0.2, -0.15) is 11.8 Å². The van der Waals surface area contributed by atoms with Crippen molar-refractivity contribution in [2.24, 2.45) is 0 Å². The van der Waals surface area contributed by atoms with Crippen molar-refractivity contribution in [2.75, 3.05) is 19.3 Å². The van der Waals surface area contributed by atoms with Crippen LogP contribution in [-0.2, 0) is 4.74 Å². The standard InChI is InChI=1S/C32H37FN6O2S/c1-32(2,3)41-31(40)39-18-22(42-4)15-28(39)30-36-17-27(38-30)21-11-12-23(24(33)14-21)19-7-9-20(10-8-19)26-16-35-29(37-26)25-6-5-13-34-25/h7-12,14,16-17,22,25,28,34H,5-6,13,15,18H2,1-4H3,(H,35,37)(H,36,38)/t22-,25-,28-/m0/s1. The van der Waals surface area contributed by atoms with E-state index in [-0.39, 0.29) is 24.0 Å². The summed E-state index contributed by atoms with van der Waals surface area (Å²) < 4.78 is 21.1. The van der Waals surface area contributed by atoms with Crippen LogP contribution in [0.3, 0.4) is 0 Å². The van der Waals surface area contributed by atoms with Gasteiger partial charge in [-0.05, 0) is 70.0 Å². The second-order valence-corrected chi connectivity index (χ2v) is 13.2. The highest BCUT2D eigenvalue weighted by molar-refractivity contribution is 7.99. The van der Waals surface area contributed by atoms with Crippen molar-refractivity contribution in [3.05, 3.63) is 72.3 Å². The molecular formula is C32H37FN6O2S. The molecule has 1 amide bonds. The average molecular weight is 589 g/mol. The van der Waals surface area contributed by atoms with Gasteiger partial charge in [-0.3, -0.25) is 4.90 Å². The van der Waals surface area contributed by atoms with E-state index in [1.165, 1.54) is 6.07 Å². The predicted molar refractivity (Wildman–Crippen MR) is 165 cm³/mol. The Morgan fingerprint density at radius 3 is 2.33 bits per heavy atom. The van der Waals surface area contributed by atoms with Gasteiger partial charge >= 0.3 is 6.09 Å². The largest absolute Gasteiger partial charge is 0.444 e. The second-order valence-electron chi connectivity index (χ2n) is 12.0. The van der Waals surface area contributed by atoms with Crippen molar-refractivity contribution in [3.63, 3.8) is 0 Å². The van der Waals surface area contributed by atoms with Crippen LogP contribution in [0.2, 0.25) is 0 Å². The number of hydrogen-bond acceptors (Lipinski definition) is 6. The normalized spacial score (nSPS) is 20.8. The van der Waals surface area contributed by atoms with Crippen molar-refractivity contribution in [3.8, 4) is 33.6 Å². The summed E-state index contributed by atoms with van der Waals surface area (Å²) in [4.78, 5) is 30.6. The summed E-state index contributed by atoms with van der Waals surface area (Å²) in [6, 6.07) is 13.1. The summed E-state index contributed by atoms with van der Waals surface area (Å²) in [5.41, 5.74) is 4.10. The predicted octanol–water partition coefficient (Wildman–Crippen LogP) is 7.11. The molecule has 3 N–H and O–H groups in total. The minimum absolute atomic E-state index is 0.228. The van der Waals surface area contributed by atoms with E-state index in [4.69, 9.17) is 4.74 Å². The molecular weight excluding hydrogens is 551 g/mol. The van der Waals surface area contributed by atoms with Gasteiger partial charge in [-0.15, -0.1) is 0 Å². The number of carbonyl (C=O) groups is 1. The number of likely N-dealkylation sites (tertiary alicyclic amines) is 1. The molecule has 220 valence electrons. The molecule has 8 nitrogen and oxygen atoms in total. The van der Waals surface area contributed by atoms with E-state index in [0.29, 0.717) is 34.4 Å². The third-order valence-corrected chi connectivity index (χ3v) is 8.92. The lowest BCUT2D eigenvalue weighted by atomic mass is 10.0. The van der Waals surface area contributed by atoms with Gasteiger partial charge in [-0.25, -0.2) is 19.2 Å². The molecule has 2 saturated heterocycles. The number of halogens is 1. The number of carbonyl (C=O) groups excluding carboxylic acids is 1. The maximum atomic E-state index is 15.4. The third-order valence-electron chi connectivity index (χ3n) is 7.91. The highest BCUT2D eigenvalue weighted by Gasteiger charge is 2.39. The number of aromatic nitrogens is 4. The first-order valence-corrected chi connectivity index (χ1v) is 15.7. The van der Waals surface area contributed by atoms with Crippen LogP contribution in [0.15, 0.2) is 54.9 Å². The van der Waals surface area contributed by atoms with E-state index >= 15 is 4.39 Å². The van der Waals surface area contributed by atoms with E-state index in [1.54, 1.807) is 28.9 Å². The molecule has 4 heterocycles. The maximum absolute atomic E-state index is 15.4. The molecule has 0 bridgehead atoms. The molecule has 0 unspecified atom stereocenters. The lowest BCUT2D eigenvalue weighted by Crippen LogP contribution is -2.37. The number of rotatable bonds is 6. The summed E-state index contributed by atoms with van der Waals surface area (Å²) in [7, 11) is 0. The van der Waals surface area contributed by atoms with Crippen LogP contribution in [0.25, 0.3) is 33.6 Å². The lowest BCUT2D eigenvalue weighted by Gasteiger charge is -2.27. The minimum atomic E-state index is -0.581. The van der Waals surface area contributed by atoms with Gasteiger partial charge in [0, 0.05) is 22.9 Å². The fraction of sp³-hybridized carbons (Fsp3) is 0.406. The Bertz CT molecular complexity index is 1550. The van der Waals surface area contributed by atoms with Gasteiger partial charge in [-0.1, -0.05) is 36.4 Å². The number of nitrogens with zero attached hydrogens (tertiary/aromatic N) is 3. The van der Waals surface area contributed by atoms with Crippen LogP contribution in [0.1, 0.15) is 63.8 Å². The third kappa shape index (κ3) is 5.96. The number of nitrogens with one attached hydrogen (secondary N) is 3. The van der Waals surface area contributed by atoms with Crippen LogP contribution < -0.4 is 5.32 Å². The van der Waals surface area contributed by atoms with Crippen LogP contribution in [0.4, 0.5) is 9.18 Å². The van der Waals surface area contributed by atoms with E-state index in [1.807, 2.05) is 63.6 Å². The first-order chi connectivity index (χ1) is 20.2. The molecule has 0 aliphatic carbocycles. The Morgan fingerprint density at radius 1 is 1.00 bits per heavy atom. The summed E-state index contributed by atoms with van der Waals surface area (Å²) in [6.07, 6.45) is 8.29. The van der Waals surface area contributed by atoms with E-state index < -0.39 is 5.60 Å². The van der Waals surface area contributed by atoms with Crippen molar-refractivity contribution < 1.29 is 13.9 Å². The fourth-order valence-corrected chi connectivity index (χ4v) is 6.41. The number of amides is 1. The second kappa shape index (κ2) is 11.6. The topological polar surface area (TPSA) is 98.9 Å². The van der Waals surface area contributed by atoms with Crippen LogP contribution >= 0.6 is 11.8 Å². The van der Waals surface area contributed by atoms with Crippen LogP contribution in [-0.4, -0.2) is 61.1 Å². The van der Waals surface area contributed by atoms with Crippen molar-refractivity contribution in [1.82, 2.24) is 30.2 Å². The molecule has 2 fully saturated rings. The van der Waals surface area contributed by atoms with Crippen LogP contribution in [0, 0.1) is 5.82 Å². The van der Waals surface area contributed by atoms with Crippen LogP contribution in [0.5, 0.6) is 0 Å². The number of ether oxygens (including phenoxy) is 1. The zero-order valence-corrected chi connectivity index (χ0v) is 25.2. The summed E-state index contributed by atoms with van der Waals surface area (Å²) >= 11 is 1.73. The lowest BCUT2D eigenvalue weighted by molar-refractivity contribution is 0.0219. The number of imidazole rings is 2. The number of benzene rings is 2. The van der Waals surface area contributed by atoms with Crippen molar-refractivity contribution in [2.45, 2.75) is 63.0 Å². The molecule has 0 spiro atoms. The first kappa shape index (κ1) is 28.5. The molecule has 3 atom stereocenters. The Balaban J connectivity index is 1.18. The Kier molecular flexibility index (Phi) is 7.85. The van der Waals surface area contributed by atoms with E-state index in [2.05, 4.69) is 25.3 Å². The molecule has 2 aliphatic rings. The fourth-order valence-electron chi connectivity index (χ4n) is 5.73.